The van der Waals surface area contributed by atoms with Gasteiger partial charge >= 0.3 is 6.03 Å². The first kappa shape index (κ1) is 23.7. The number of carbonyl (C=O) groups excluding carboxylic acids is 1. The molecule has 2 fully saturated rings. The number of rotatable bonds is 4. The molecule has 1 saturated carbocycles. The van der Waals surface area contributed by atoms with Crippen LogP contribution in [0.1, 0.15) is 55.7 Å². The van der Waals surface area contributed by atoms with Crippen LogP contribution >= 0.6 is 34.8 Å². The molecule has 1 aliphatic heterocycles. The van der Waals surface area contributed by atoms with Gasteiger partial charge in [-0.2, -0.15) is 0 Å². The highest BCUT2D eigenvalue weighted by Crippen LogP contribution is 2.35. The highest BCUT2D eigenvalue weighted by molar-refractivity contribution is 6.35. The second-order valence-electron chi connectivity index (χ2n) is 8.78. The van der Waals surface area contributed by atoms with Crippen LogP contribution < -0.4 is 5.32 Å². The van der Waals surface area contributed by atoms with Gasteiger partial charge < -0.3 is 10.2 Å². The van der Waals surface area contributed by atoms with Crippen LogP contribution in [0.3, 0.4) is 0 Å². The maximum absolute atomic E-state index is 12.9. The summed E-state index contributed by atoms with van der Waals surface area (Å²) in [6, 6.07) is 13.9. The lowest BCUT2D eigenvalue weighted by molar-refractivity contribution is 0.118. The van der Waals surface area contributed by atoms with Crippen molar-refractivity contribution in [1.82, 2.24) is 15.1 Å². The summed E-state index contributed by atoms with van der Waals surface area (Å²) < 4.78 is 0. The van der Waals surface area contributed by atoms with Gasteiger partial charge in [0.05, 0.1) is 6.04 Å². The fourth-order valence-corrected chi connectivity index (χ4v) is 5.47. The average Bonchev–Trinajstić information content (AvgIpc) is 3.06. The van der Waals surface area contributed by atoms with Crippen LogP contribution in [-0.4, -0.2) is 48.1 Å². The number of nitrogens with one attached hydrogen (secondary N) is 1. The first-order chi connectivity index (χ1) is 15.5. The van der Waals surface area contributed by atoms with E-state index in [1.165, 1.54) is 25.7 Å². The summed E-state index contributed by atoms with van der Waals surface area (Å²) in [5.74, 6) is 0. The number of piperazine rings is 1. The molecule has 2 aliphatic rings. The van der Waals surface area contributed by atoms with Crippen molar-refractivity contribution in [1.29, 1.82) is 0 Å². The highest BCUT2D eigenvalue weighted by Gasteiger charge is 2.30. The van der Waals surface area contributed by atoms with Crippen molar-refractivity contribution in [2.75, 3.05) is 26.2 Å². The second-order valence-corrected chi connectivity index (χ2v) is 10.1. The number of amides is 2. The Balaban J connectivity index is 1.46. The minimum atomic E-state index is -0.0240. The number of hydrogen-bond donors (Lipinski definition) is 1. The van der Waals surface area contributed by atoms with Gasteiger partial charge in [0.25, 0.3) is 0 Å². The van der Waals surface area contributed by atoms with Crippen LogP contribution in [0.15, 0.2) is 42.5 Å². The lowest BCUT2D eigenvalue weighted by Gasteiger charge is -2.40. The molecule has 0 radical (unpaired) electrons. The van der Waals surface area contributed by atoms with Gasteiger partial charge in [-0.3, -0.25) is 4.90 Å². The van der Waals surface area contributed by atoms with Gasteiger partial charge in [-0.1, -0.05) is 78.7 Å². The third-order valence-electron chi connectivity index (χ3n) is 6.59. The van der Waals surface area contributed by atoms with Gasteiger partial charge in [-0.25, -0.2) is 4.79 Å². The maximum atomic E-state index is 12.9. The zero-order valence-electron chi connectivity index (χ0n) is 18.2. The molecule has 1 atom stereocenters. The molecule has 32 heavy (non-hydrogen) atoms. The van der Waals surface area contributed by atoms with E-state index in [1.807, 2.05) is 41.3 Å². The van der Waals surface area contributed by atoms with Crippen molar-refractivity contribution in [2.24, 2.45) is 0 Å². The van der Waals surface area contributed by atoms with Crippen molar-refractivity contribution in [3.63, 3.8) is 0 Å². The SMILES string of the molecule is O=C(NC1CCCCCC1)N1CCN(C(c2ccc(Cl)cc2)c2ccc(Cl)cc2Cl)CC1. The van der Waals surface area contributed by atoms with Crippen molar-refractivity contribution in [3.05, 3.63) is 68.7 Å². The Labute approximate surface area is 205 Å². The Bertz CT molecular complexity index is 905. The molecule has 7 heteroatoms. The standard InChI is InChI=1S/C25H30Cl3N3O/c26-19-9-7-18(8-10-19)24(22-12-11-20(27)17-23(22)28)30-13-15-31(16-14-30)25(32)29-21-5-3-1-2-4-6-21/h7-12,17,21,24H,1-6,13-16H2,(H,29,32). The molecule has 172 valence electrons. The van der Waals surface area contributed by atoms with E-state index in [0.717, 1.165) is 37.1 Å². The third-order valence-corrected chi connectivity index (χ3v) is 7.41. The largest absolute Gasteiger partial charge is 0.335 e. The first-order valence-corrected chi connectivity index (χ1v) is 12.6. The Morgan fingerprint density at radius 2 is 1.47 bits per heavy atom. The Hall–Kier alpha value is -1.46. The quantitative estimate of drug-likeness (QED) is 0.475. The second kappa shape index (κ2) is 11.1. The number of benzene rings is 2. The minimum Gasteiger partial charge on any atom is -0.335 e. The van der Waals surface area contributed by atoms with Crippen LogP contribution in [-0.2, 0) is 0 Å². The van der Waals surface area contributed by atoms with Crippen molar-refractivity contribution in [3.8, 4) is 0 Å². The summed E-state index contributed by atoms with van der Waals surface area (Å²) in [6.07, 6.45) is 7.18. The number of nitrogens with zero attached hydrogens (tertiary/aromatic N) is 2. The fraction of sp³-hybridized carbons (Fsp3) is 0.480. The number of carbonyl (C=O) groups is 1. The van der Waals surface area contributed by atoms with E-state index in [2.05, 4.69) is 10.2 Å². The van der Waals surface area contributed by atoms with E-state index in [1.54, 1.807) is 6.07 Å². The van der Waals surface area contributed by atoms with Gasteiger partial charge in [-0.05, 0) is 48.2 Å². The molecule has 2 amide bonds. The van der Waals surface area contributed by atoms with Gasteiger partial charge in [0, 0.05) is 47.3 Å². The van der Waals surface area contributed by atoms with E-state index >= 15 is 0 Å². The highest BCUT2D eigenvalue weighted by atomic mass is 35.5. The fourth-order valence-electron chi connectivity index (χ4n) is 4.83. The molecule has 2 aromatic carbocycles. The number of hydrogen-bond acceptors (Lipinski definition) is 2. The molecule has 0 aromatic heterocycles. The summed E-state index contributed by atoms with van der Waals surface area (Å²) >= 11 is 18.9. The van der Waals surface area contributed by atoms with Gasteiger partial charge in [0.2, 0.25) is 0 Å². The molecular weight excluding hydrogens is 465 g/mol. The Morgan fingerprint density at radius 3 is 2.09 bits per heavy atom. The zero-order valence-corrected chi connectivity index (χ0v) is 20.5. The van der Waals surface area contributed by atoms with Crippen LogP contribution in [0, 0.1) is 0 Å². The molecule has 1 N–H and O–H groups in total. The van der Waals surface area contributed by atoms with Crippen molar-refractivity contribution >= 4 is 40.8 Å². The molecule has 1 aliphatic carbocycles. The van der Waals surface area contributed by atoms with E-state index in [4.69, 9.17) is 34.8 Å². The lowest BCUT2D eigenvalue weighted by atomic mass is 9.96. The molecular formula is C25H30Cl3N3O. The minimum absolute atomic E-state index is 0.0240. The molecule has 1 unspecified atom stereocenters. The molecule has 4 rings (SSSR count). The van der Waals surface area contributed by atoms with Crippen molar-refractivity contribution < 1.29 is 4.79 Å². The van der Waals surface area contributed by atoms with E-state index < -0.39 is 0 Å². The summed E-state index contributed by atoms with van der Waals surface area (Å²) in [6.45, 7) is 2.91. The van der Waals surface area contributed by atoms with Crippen LogP contribution in [0.5, 0.6) is 0 Å². The predicted octanol–water partition coefficient (Wildman–Crippen LogP) is 6.79. The lowest BCUT2D eigenvalue weighted by Crippen LogP contribution is -2.54. The summed E-state index contributed by atoms with van der Waals surface area (Å²) in [7, 11) is 0. The third kappa shape index (κ3) is 5.91. The first-order valence-electron chi connectivity index (χ1n) is 11.5. The Morgan fingerprint density at radius 1 is 0.844 bits per heavy atom. The molecule has 2 aromatic rings. The smallest absolute Gasteiger partial charge is 0.317 e. The van der Waals surface area contributed by atoms with Gasteiger partial charge in [-0.15, -0.1) is 0 Å². The summed E-state index contributed by atoms with van der Waals surface area (Å²) in [4.78, 5) is 17.2. The van der Waals surface area contributed by atoms with Crippen molar-refractivity contribution in [2.45, 2.75) is 50.6 Å². The van der Waals surface area contributed by atoms with Gasteiger partial charge in [0.15, 0.2) is 0 Å². The summed E-state index contributed by atoms with van der Waals surface area (Å²) in [5, 5.41) is 5.24. The van der Waals surface area contributed by atoms with Crippen LogP contribution in [0.4, 0.5) is 4.79 Å². The zero-order chi connectivity index (χ0) is 22.5. The maximum Gasteiger partial charge on any atom is 0.317 e. The summed E-state index contributed by atoms with van der Waals surface area (Å²) in [5.41, 5.74) is 2.13. The predicted molar refractivity (Wildman–Crippen MR) is 133 cm³/mol. The molecule has 0 spiro atoms. The molecule has 4 nitrogen and oxygen atoms in total. The monoisotopic (exact) mass is 493 g/mol. The van der Waals surface area contributed by atoms with E-state index in [0.29, 0.717) is 34.2 Å². The average molecular weight is 495 g/mol. The molecule has 1 saturated heterocycles. The van der Waals surface area contributed by atoms with E-state index in [-0.39, 0.29) is 12.1 Å². The number of halogens is 3. The van der Waals surface area contributed by atoms with Crippen LogP contribution in [0.25, 0.3) is 0 Å². The number of urea groups is 1. The molecule has 0 bridgehead atoms. The van der Waals surface area contributed by atoms with Gasteiger partial charge in [0.1, 0.15) is 0 Å². The normalized spacial score (nSPS) is 19.4. The topological polar surface area (TPSA) is 35.6 Å². The van der Waals surface area contributed by atoms with Crippen LogP contribution in [0.2, 0.25) is 15.1 Å². The molecule has 1 heterocycles. The van der Waals surface area contributed by atoms with E-state index in [9.17, 15) is 4.79 Å². The Kier molecular flexibility index (Phi) is 8.22.